The van der Waals surface area contributed by atoms with Crippen molar-refractivity contribution >= 4 is 11.6 Å². The smallest absolute Gasteiger partial charge is 0.259 e. The van der Waals surface area contributed by atoms with E-state index in [1.807, 2.05) is 13.0 Å². The van der Waals surface area contributed by atoms with Crippen LogP contribution in [0.3, 0.4) is 0 Å². The first-order valence-electron chi connectivity index (χ1n) is 5.15. The number of nitrogens with zero attached hydrogens (tertiary/aromatic N) is 1. The Balaban J connectivity index is 2.26. The zero-order chi connectivity index (χ0) is 12.3. The zero-order valence-corrected chi connectivity index (χ0v) is 9.65. The number of amides is 1. The van der Waals surface area contributed by atoms with Gasteiger partial charge in [-0.15, -0.1) is 0 Å². The molecule has 1 aromatic heterocycles. The Kier molecular flexibility index (Phi) is 3.09. The van der Waals surface area contributed by atoms with Gasteiger partial charge in [-0.1, -0.05) is 11.6 Å². The third kappa shape index (κ3) is 2.44. The van der Waals surface area contributed by atoms with Crippen molar-refractivity contribution < 1.29 is 9.53 Å². The topological polar surface area (TPSA) is 67.0 Å². The molecule has 0 spiro atoms. The Morgan fingerprint density at radius 1 is 1.47 bits per heavy atom. The molecule has 0 saturated carbocycles. The van der Waals surface area contributed by atoms with Gasteiger partial charge in [-0.2, -0.15) is 5.10 Å². The summed E-state index contributed by atoms with van der Waals surface area (Å²) in [5.41, 5.74) is 2.13. The summed E-state index contributed by atoms with van der Waals surface area (Å²) in [6.45, 7) is 1.92. The van der Waals surface area contributed by atoms with Gasteiger partial charge in [-0.3, -0.25) is 9.89 Å². The molecular formula is C12H13N3O2. The SMILES string of the molecule is COc1ccc(C)cc1C(=O)Nc1cn[nH]c1. The van der Waals surface area contributed by atoms with Gasteiger partial charge in [-0.05, 0) is 19.1 Å². The third-order valence-electron chi connectivity index (χ3n) is 2.36. The van der Waals surface area contributed by atoms with Gasteiger partial charge >= 0.3 is 0 Å². The Morgan fingerprint density at radius 2 is 2.29 bits per heavy atom. The van der Waals surface area contributed by atoms with E-state index < -0.39 is 0 Å². The molecule has 1 aromatic carbocycles. The predicted octanol–water partition coefficient (Wildman–Crippen LogP) is 1.98. The second kappa shape index (κ2) is 4.69. The summed E-state index contributed by atoms with van der Waals surface area (Å²) >= 11 is 0. The maximum absolute atomic E-state index is 12.0. The largest absolute Gasteiger partial charge is 0.496 e. The maximum atomic E-state index is 12.0. The summed E-state index contributed by atoms with van der Waals surface area (Å²) in [5.74, 6) is 0.337. The number of hydrogen-bond acceptors (Lipinski definition) is 3. The fourth-order valence-corrected chi connectivity index (χ4v) is 1.52. The number of aromatic nitrogens is 2. The first-order chi connectivity index (χ1) is 8.20. The monoisotopic (exact) mass is 231 g/mol. The molecule has 1 amide bonds. The Hall–Kier alpha value is -2.30. The van der Waals surface area contributed by atoms with Crippen LogP contribution in [0.15, 0.2) is 30.6 Å². The molecule has 0 atom stereocenters. The van der Waals surface area contributed by atoms with E-state index in [-0.39, 0.29) is 5.91 Å². The zero-order valence-electron chi connectivity index (χ0n) is 9.65. The van der Waals surface area contributed by atoms with E-state index in [2.05, 4.69) is 15.5 Å². The molecule has 0 radical (unpaired) electrons. The minimum atomic E-state index is -0.216. The Bertz CT molecular complexity index is 521. The number of methoxy groups -OCH3 is 1. The number of benzene rings is 1. The summed E-state index contributed by atoms with van der Waals surface area (Å²) in [4.78, 5) is 12.0. The van der Waals surface area contributed by atoms with Gasteiger partial charge in [-0.25, -0.2) is 0 Å². The minimum Gasteiger partial charge on any atom is -0.496 e. The summed E-state index contributed by atoms with van der Waals surface area (Å²) < 4.78 is 5.16. The Labute approximate surface area is 98.8 Å². The average Bonchev–Trinajstić information content (AvgIpc) is 2.81. The van der Waals surface area contributed by atoms with Crippen molar-refractivity contribution in [3.63, 3.8) is 0 Å². The van der Waals surface area contributed by atoms with Gasteiger partial charge < -0.3 is 10.1 Å². The van der Waals surface area contributed by atoms with Crippen LogP contribution in [0, 0.1) is 6.92 Å². The van der Waals surface area contributed by atoms with Crippen LogP contribution >= 0.6 is 0 Å². The molecule has 1 heterocycles. The second-order valence-corrected chi connectivity index (χ2v) is 3.64. The number of carbonyl (C=O) groups is 1. The van der Waals surface area contributed by atoms with Crippen molar-refractivity contribution in [3.8, 4) is 5.75 Å². The molecule has 0 aliphatic heterocycles. The van der Waals surface area contributed by atoms with Crippen LogP contribution in [0.4, 0.5) is 5.69 Å². The number of aromatic amines is 1. The molecule has 0 bridgehead atoms. The molecule has 88 valence electrons. The number of aryl methyl sites for hydroxylation is 1. The number of nitrogens with one attached hydrogen (secondary N) is 2. The van der Waals surface area contributed by atoms with Crippen molar-refractivity contribution in [1.29, 1.82) is 0 Å². The van der Waals surface area contributed by atoms with Crippen LogP contribution in [-0.2, 0) is 0 Å². The summed E-state index contributed by atoms with van der Waals surface area (Å²) in [6.07, 6.45) is 3.15. The maximum Gasteiger partial charge on any atom is 0.259 e. The molecule has 2 rings (SSSR count). The highest BCUT2D eigenvalue weighted by Crippen LogP contribution is 2.20. The normalized spacial score (nSPS) is 10.0. The van der Waals surface area contributed by atoms with Crippen LogP contribution < -0.4 is 10.1 Å². The number of H-pyrrole nitrogens is 1. The highest BCUT2D eigenvalue weighted by atomic mass is 16.5. The number of ether oxygens (including phenoxy) is 1. The third-order valence-corrected chi connectivity index (χ3v) is 2.36. The van der Waals surface area contributed by atoms with Crippen LogP contribution in [0.1, 0.15) is 15.9 Å². The van der Waals surface area contributed by atoms with Gasteiger partial charge in [0.25, 0.3) is 5.91 Å². The van der Waals surface area contributed by atoms with E-state index in [9.17, 15) is 4.79 Å². The predicted molar refractivity (Wildman–Crippen MR) is 64.3 cm³/mol. The van der Waals surface area contributed by atoms with Crippen molar-refractivity contribution in [2.24, 2.45) is 0 Å². The van der Waals surface area contributed by atoms with Gasteiger partial charge in [0.05, 0.1) is 24.6 Å². The standard InChI is InChI=1S/C12H13N3O2/c1-8-3-4-11(17-2)10(5-8)12(16)15-9-6-13-14-7-9/h3-7H,1-2H3,(H,13,14)(H,15,16). The molecule has 2 aromatic rings. The Morgan fingerprint density at radius 3 is 2.94 bits per heavy atom. The summed E-state index contributed by atoms with van der Waals surface area (Å²) in [7, 11) is 1.54. The quantitative estimate of drug-likeness (QED) is 0.848. The number of rotatable bonds is 3. The molecule has 0 saturated heterocycles. The fraction of sp³-hybridized carbons (Fsp3) is 0.167. The van der Waals surface area contributed by atoms with E-state index in [1.165, 1.54) is 0 Å². The van der Waals surface area contributed by atoms with Crippen molar-refractivity contribution in [1.82, 2.24) is 10.2 Å². The summed E-state index contributed by atoms with van der Waals surface area (Å²) in [5, 5.41) is 9.12. The van der Waals surface area contributed by atoms with Crippen LogP contribution in [-0.4, -0.2) is 23.2 Å². The molecule has 0 unspecified atom stereocenters. The van der Waals surface area contributed by atoms with Gasteiger partial charge in [0, 0.05) is 6.20 Å². The van der Waals surface area contributed by atoms with Gasteiger partial charge in [0.15, 0.2) is 0 Å². The van der Waals surface area contributed by atoms with E-state index in [0.717, 1.165) is 5.56 Å². The van der Waals surface area contributed by atoms with Crippen LogP contribution in [0.5, 0.6) is 5.75 Å². The van der Waals surface area contributed by atoms with E-state index >= 15 is 0 Å². The first-order valence-corrected chi connectivity index (χ1v) is 5.15. The summed E-state index contributed by atoms with van der Waals surface area (Å²) in [6, 6.07) is 5.46. The van der Waals surface area contributed by atoms with Crippen LogP contribution in [0.2, 0.25) is 0 Å². The first kappa shape index (κ1) is 11.2. The fourth-order valence-electron chi connectivity index (χ4n) is 1.52. The minimum absolute atomic E-state index is 0.216. The number of carbonyl (C=O) groups excluding carboxylic acids is 1. The van der Waals surface area contributed by atoms with Gasteiger partial charge in [0.2, 0.25) is 0 Å². The van der Waals surface area contributed by atoms with Crippen LogP contribution in [0.25, 0.3) is 0 Å². The van der Waals surface area contributed by atoms with E-state index in [4.69, 9.17) is 4.74 Å². The molecule has 0 aliphatic rings. The molecule has 17 heavy (non-hydrogen) atoms. The number of anilines is 1. The van der Waals surface area contributed by atoms with E-state index in [0.29, 0.717) is 17.0 Å². The molecule has 0 fully saturated rings. The number of hydrogen-bond donors (Lipinski definition) is 2. The highest BCUT2D eigenvalue weighted by molar-refractivity contribution is 6.06. The molecule has 5 heteroatoms. The molecule has 2 N–H and O–H groups in total. The average molecular weight is 231 g/mol. The molecule has 5 nitrogen and oxygen atoms in total. The highest BCUT2D eigenvalue weighted by Gasteiger charge is 2.12. The lowest BCUT2D eigenvalue weighted by molar-refractivity contribution is 0.102. The van der Waals surface area contributed by atoms with Crippen molar-refractivity contribution in [2.75, 3.05) is 12.4 Å². The van der Waals surface area contributed by atoms with E-state index in [1.54, 1.807) is 31.6 Å². The second-order valence-electron chi connectivity index (χ2n) is 3.64. The van der Waals surface area contributed by atoms with Gasteiger partial charge in [0.1, 0.15) is 5.75 Å². The molecular weight excluding hydrogens is 218 g/mol. The lowest BCUT2D eigenvalue weighted by Crippen LogP contribution is -2.12. The molecule has 0 aliphatic carbocycles. The van der Waals surface area contributed by atoms with Crippen molar-refractivity contribution in [3.05, 3.63) is 41.7 Å². The van der Waals surface area contributed by atoms with Crippen molar-refractivity contribution in [2.45, 2.75) is 6.92 Å². The lowest BCUT2D eigenvalue weighted by atomic mass is 10.1. The lowest BCUT2D eigenvalue weighted by Gasteiger charge is -2.08.